The average molecular weight is 397 g/mol. The van der Waals surface area contributed by atoms with E-state index in [1.165, 1.54) is 18.2 Å². The first kappa shape index (κ1) is 18.1. The van der Waals surface area contributed by atoms with Crippen molar-refractivity contribution in [1.29, 1.82) is 0 Å². The molecule has 8 nitrogen and oxygen atoms in total. The number of carbonyl (C=O) groups excluding carboxylic acids is 1. The predicted octanol–water partition coefficient (Wildman–Crippen LogP) is 3.83. The van der Waals surface area contributed by atoms with E-state index in [9.17, 15) is 14.9 Å². The van der Waals surface area contributed by atoms with E-state index in [0.29, 0.717) is 21.6 Å². The topological polar surface area (TPSA) is 103 Å². The molecule has 0 bridgehead atoms. The summed E-state index contributed by atoms with van der Waals surface area (Å²) in [7, 11) is 0. The number of ether oxygens (including phenoxy) is 2. The van der Waals surface area contributed by atoms with E-state index < -0.39 is 4.92 Å². The average Bonchev–Trinajstić information content (AvgIpc) is 3.23. The summed E-state index contributed by atoms with van der Waals surface area (Å²) in [6, 6.07) is 8.56. The fourth-order valence-corrected chi connectivity index (χ4v) is 3.59. The fourth-order valence-electron chi connectivity index (χ4n) is 2.75. The second-order valence-electron chi connectivity index (χ2n) is 6.27. The zero-order valence-corrected chi connectivity index (χ0v) is 15.8. The number of hydrogen-bond donors (Lipinski definition) is 1. The number of nitro groups is 1. The summed E-state index contributed by atoms with van der Waals surface area (Å²) in [5.74, 6) is 0.360. The highest BCUT2D eigenvalue weighted by Gasteiger charge is 2.27. The van der Waals surface area contributed by atoms with Crippen LogP contribution in [0.3, 0.4) is 0 Å². The summed E-state index contributed by atoms with van der Waals surface area (Å²) in [5, 5.41) is 14.5. The van der Waals surface area contributed by atoms with Crippen LogP contribution in [0, 0.1) is 24.0 Å². The maximum absolute atomic E-state index is 12.3. The molecular formula is C19H15N3O5S. The first-order valence-corrected chi connectivity index (χ1v) is 9.17. The predicted molar refractivity (Wildman–Crippen MR) is 106 cm³/mol. The van der Waals surface area contributed by atoms with Crippen molar-refractivity contribution in [3.63, 3.8) is 0 Å². The van der Waals surface area contributed by atoms with Gasteiger partial charge in [-0.25, -0.2) is 4.99 Å². The number of hydrogen-bond acceptors (Lipinski definition) is 7. The quantitative estimate of drug-likeness (QED) is 0.480. The van der Waals surface area contributed by atoms with Crippen LogP contribution in [0.15, 0.2) is 40.2 Å². The van der Waals surface area contributed by atoms with Crippen LogP contribution in [0.2, 0.25) is 0 Å². The molecule has 2 heterocycles. The number of rotatable bonds is 3. The molecule has 2 aromatic carbocycles. The Morgan fingerprint density at radius 1 is 1.18 bits per heavy atom. The maximum atomic E-state index is 12.3. The normalized spacial score (nSPS) is 18.0. The van der Waals surface area contributed by atoms with E-state index in [-0.39, 0.29) is 24.0 Å². The monoisotopic (exact) mass is 397 g/mol. The van der Waals surface area contributed by atoms with Gasteiger partial charge < -0.3 is 14.8 Å². The van der Waals surface area contributed by atoms with Gasteiger partial charge in [-0.05, 0) is 61.0 Å². The van der Waals surface area contributed by atoms with Crippen LogP contribution in [0.4, 0.5) is 11.4 Å². The lowest BCUT2D eigenvalue weighted by atomic mass is 10.1. The first-order chi connectivity index (χ1) is 13.4. The van der Waals surface area contributed by atoms with Crippen LogP contribution in [0.5, 0.6) is 11.5 Å². The Morgan fingerprint density at radius 2 is 1.93 bits per heavy atom. The summed E-state index contributed by atoms with van der Waals surface area (Å²) in [6.07, 6.45) is 1.46. The van der Waals surface area contributed by atoms with Crippen molar-refractivity contribution < 1.29 is 19.2 Å². The largest absolute Gasteiger partial charge is 0.454 e. The molecule has 9 heteroatoms. The number of nitro benzene ring substituents is 1. The lowest BCUT2D eigenvalue weighted by Gasteiger charge is -2.02. The van der Waals surface area contributed by atoms with Gasteiger partial charge in [0.1, 0.15) is 0 Å². The molecule has 0 spiro atoms. The molecule has 0 unspecified atom stereocenters. The first-order valence-electron chi connectivity index (χ1n) is 8.35. The third-order valence-corrected chi connectivity index (χ3v) is 5.29. The summed E-state index contributed by atoms with van der Waals surface area (Å²) < 4.78 is 10.5. The second-order valence-corrected chi connectivity index (χ2v) is 7.30. The van der Waals surface area contributed by atoms with Gasteiger partial charge in [0.25, 0.3) is 11.6 Å². The minimum atomic E-state index is -0.518. The summed E-state index contributed by atoms with van der Waals surface area (Å²) in [5.41, 5.74) is 3.08. The third-order valence-electron chi connectivity index (χ3n) is 4.38. The molecule has 2 aliphatic rings. The van der Waals surface area contributed by atoms with Gasteiger partial charge in [0, 0.05) is 0 Å². The molecule has 0 saturated carbocycles. The van der Waals surface area contributed by atoms with Crippen molar-refractivity contribution in [1.82, 2.24) is 5.32 Å². The lowest BCUT2D eigenvalue weighted by molar-refractivity contribution is -0.385. The lowest BCUT2D eigenvalue weighted by Crippen LogP contribution is -2.19. The molecule has 0 aliphatic carbocycles. The Hall–Kier alpha value is -3.33. The zero-order valence-electron chi connectivity index (χ0n) is 15.0. The highest BCUT2D eigenvalue weighted by atomic mass is 32.2. The van der Waals surface area contributed by atoms with Crippen LogP contribution < -0.4 is 14.8 Å². The molecule has 1 amide bonds. The van der Waals surface area contributed by atoms with Crippen LogP contribution >= 0.6 is 11.8 Å². The third kappa shape index (κ3) is 3.44. The molecule has 1 N–H and O–H groups in total. The van der Waals surface area contributed by atoms with Crippen molar-refractivity contribution in [2.75, 3.05) is 6.79 Å². The van der Waals surface area contributed by atoms with Crippen molar-refractivity contribution >= 4 is 40.3 Å². The smallest absolute Gasteiger partial charge is 0.280 e. The molecule has 1 saturated heterocycles. The van der Waals surface area contributed by atoms with Crippen molar-refractivity contribution in [2.45, 2.75) is 13.8 Å². The molecule has 4 rings (SSSR count). The van der Waals surface area contributed by atoms with Gasteiger partial charge >= 0.3 is 0 Å². The van der Waals surface area contributed by atoms with Crippen LogP contribution in [0.25, 0.3) is 6.08 Å². The Balaban J connectivity index is 1.66. The molecule has 0 atom stereocenters. The Morgan fingerprint density at radius 3 is 2.64 bits per heavy atom. The van der Waals surface area contributed by atoms with Gasteiger partial charge in [-0.15, -0.1) is 0 Å². The number of thioether (sulfide) groups is 1. The number of fused-ring (bicyclic) bond motifs is 1. The Labute approximate surface area is 164 Å². The van der Waals surface area contributed by atoms with Crippen molar-refractivity contribution in [2.24, 2.45) is 4.99 Å². The standard InChI is InChI=1S/C19H15N3O5S/c1-10-3-4-13(5-11(10)2)20-19-21-18(23)17(28-19)7-12-6-15-16(27-9-26-15)8-14(12)22(24)25/h3-8H,9H2,1-2H3,(H,20,21,23)/b17-7-. The van der Waals surface area contributed by atoms with E-state index in [4.69, 9.17) is 9.47 Å². The van der Waals surface area contributed by atoms with Gasteiger partial charge in [-0.3, -0.25) is 14.9 Å². The van der Waals surface area contributed by atoms with Crippen molar-refractivity contribution in [3.8, 4) is 11.5 Å². The number of carbonyl (C=O) groups is 1. The number of aryl methyl sites for hydroxylation is 2. The molecule has 2 aromatic rings. The Kier molecular flexibility index (Phi) is 4.52. The summed E-state index contributed by atoms with van der Waals surface area (Å²) in [6.45, 7) is 4.01. The molecule has 0 radical (unpaired) electrons. The number of nitrogens with one attached hydrogen (secondary N) is 1. The number of benzene rings is 2. The SMILES string of the molecule is Cc1ccc(N=C2NC(=O)/C(=C/c3cc4c(cc3[N+](=O)[O-])OCO4)S2)cc1C. The molecule has 1 fully saturated rings. The van der Waals surface area contributed by atoms with Gasteiger partial charge in [0.15, 0.2) is 16.7 Å². The molecule has 0 aromatic heterocycles. The van der Waals surface area contributed by atoms with E-state index >= 15 is 0 Å². The minimum absolute atomic E-state index is 0.00845. The number of aliphatic imine (C=N–C) groups is 1. The van der Waals surface area contributed by atoms with Crippen LogP contribution in [-0.4, -0.2) is 22.8 Å². The van der Waals surface area contributed by atoms with Crippen molar-refractivity contribution in [3.05, 3.63) is 62.0 Å². The highest BCUT2D eigenvalue weighted by molar-refractivity contribution is 8.18. The van der Waals surface area contributed by atoms with E-state index in [0.717, 1.165) is 28.6 Å². The van der Waals surface area contributed by atoms with E-state index in [1.807, 2.05) is 32.0 Å². The maximum Gasteiger partial charge on any atom is 0.280 e. The molecule has 142 valence electrons. The minimum Gasteiger partial charge on any atom is -0.454 e. The van der Waals surface area contributed by atoms with Gasteiger partial charge in [-0.1, -0.05) is 6.07 Å². The van der Waals surface area contributed by atoms with E-state index in [2.05, 4.69) is 10.3 Å². The highest BCUT2D eigenvalue weighted by Crippen LogP contribution is 2.40. The van der Waals surface area contributed by atoms with Gasteiger partial charge in [0.2, 0.25) is 6.79 Å². The number of amides is 1. The zero-order chi connectivity index (χ0) is 19.8. The van der Waals surface area contributed by atoms with Crippen LogP contribution in [0.1, 0.15) is 16.7 Å². The van der Waals surface area contributed by atoms with Gasteiger partial charge in [-0.2, -0.15) is 0 Å². The number of amidine groups is 1. The molecule has 2 aliphatic heterocycles. The Bertz CT molecular complexity index is 1080. The molecule has 28 heavy (non-hydrogen) atoms. The molecular weight excluding hydrogens is 382 g/mol. The second kappa shape index (κ2) is 7.01. The van der Waals surface area contributed by atoms with Crippen LogP contribution in [-0.2, 0) is 4.79 Å². The summed E-state index contributed by atoms with van der Waals surface area (Å²) >= 11 is 1.13. The van der Waals surface area contributed by atoms with Gasteiger partial charge in [0.05, 0.1) is 27.1 Å². The number of nitrogens with zero attached hydrogens (tertiary/aromatic N) is 2. The fraction of sp³-hybridized carbons (Fsp3) is 0.158. The van der Waals surface area contributed by atoms with E-state index in [1.54, 1.807) is 0 Å². The summed E-state index contributed by atoms with van der Waals surface area (Å²) in [4.78, 5) is 27.9.